The fraction of sp³-hybridized carbons (Fsp3) is 0.600. The fourth-order valence-corrected chi connectivity index (χ4v) is 1.97. The van der Waals surface area contributed by atoms with Gasteiger partial charge in [-0.15, -0.1) is 0 Å². The standard InChI is InChI=1S/C15H26N4O/c1-4-6-14(16)15(20)19(10-9-18(2)3)12-13-7-5-8-17-11-13/h5,7-8,11,14H,4,6,9-10,12,16H2,1-3H3/t14-/m0/s1. The molecule has 1 aromatic heterocycles. The molecular formula is C15H26N4O. The lowest BCUT2D eigenvalue weighted by atomic mass is 10.1. The van der Waals surface area contributed by atoms with Crippen molar-refractivity contribution in [1.82, 2.24) is 14.8 Å². The van der Waals surface area contributed by atoms with Crippen LogP contribution in [0.4, 0.5) is 0 Å². The molecule has 20 heavy (non-hydrogen) atoms. The molecule has 0 aromatic carbocycles. The van der Waals surface area contributed by atoms with E-state index in [-0.39, 0.29) is 5.91 Å². The van der Waals surface area contributed by atoms with Crippen LogP contribution in [0.25, 0.3) is 0 Å². The molecule has 0 fully saturated rings. The van der Waals surface area contributed by atoms with Crippen LogP contribution in [-0.2, 0) is 11.3 Å². The number of nitrogens with two attached hydrogens (primary N) is 1. The smallest absolute Gasteiger partial charge is 0.239 e. The molecule has 1 heterocycles. The van der Waals surface area contributed by atoms with Crippen molar-refractivity contribution in [1.29, 1.82) is 0 Å². The van der Waals surface area contributed by atoms with Gasteiger partial charge in [0, 0.05) is 32.0 Å². The third-order valence-electron chi connectivity index (χ3n) is 3.14. The van der Waals surface area contributed by atoms with E-state index < -0.39 is 6.04 Å². The largest absolute Gasteiger partial charge is 0.336 e. The zero-order chi connectivity index (χ0) is 15.0. The van der Waals surface area contributed by atoms with Crippen molar-refractivity contribution in [2.75, 3.05) is 27.2 Å². The summed E-state index contributed by atoms with van der Waals surface area (Å²) in [5.74, 6) is 0.0255. The van der Waals surface area contributed by atoms with Gasteiger partial charge < -0.3 is 15.5 Å². The summed E-state index contributed by atoms with van der Waals surface area (Å²) in [6.07, 6.45) is 5.17. The Bertz CT molecular complexity index is 394. The molecule has 1 aromatic rings. The highest BCUT2D eigenvalue weighted by Crippen LogP contribution is 2.07. The van der Waals surface area contributed by atoms with E-state index in [1.165, 1.54) is 0 Å². The minimum atomic E-state index is -0.404. The topological polar surface area (TPSA) is 62.5 Å². The highest BCUT2D eigenvalue weighted by Gasteiger charge is 2.20. The maximum atomic E-state index is 12.4. The fourth-order valence-electron chi connectivity index (χ4n) is 1.97. The van der Waals surface area contributed by atoms with Crippen LogP contribution in [0.5, 0.6) is 0 Å². The molecule has 1 atom stereocenters. The lowest BCUT2D eigenvalue weighted by Crippen LogP contribution is -2.45. The number of hydrogen-bond acceptors (Lipinski definition) is 4. The van der Waals surface area contributed by atoms with Gasteiger partial charge in [0.1, 0.15) is 0 Å². The number of amides is 1. The third kappa shape index (κ3) is 5.67. The zero-order valence-electron chi connectivity index (χ0n) is 12.7. The van der Waals surface area contributed by atoms with Crippen LogP contribution in [0.3, 0.4) is 0 Å². The summed E-state index contributed by atoms with van der Waals surface area (Å²) in [7, 11) is 4.00. The predicted molar refractivity (Wildman–Crippen MR) is 81.1 cm³/mol. The quantitative estimate of drug-likeness (QED) is 0.773. The van der Waals surface area contributed by atoms with E-state index >= 15 is 0 Å². The first-order valence-electron chi connectivity index (χ1n) is 7.12. The Kier molecular flexibility index (Phi) is 7.18. The van der Waals surface area contributed by atoms with Gasteiger partial charge in [0.05, 0.1) is 6.04 Å². The Morgan fingerprint density at radius 2 is 2.15 bits per heavy atom. The first kappa shape index (κ1) is 16.6. The van der Waals surface area contributed by atoms with E-state index in [1.54, 1.807) is 12.4 Å². The summed E-state index contributed by atoms with van der Waals surface area (Å²) in [5, 5.41) is 0. The Morgan fingerprint density at radius 1 is 1.40 bits per heavy atom. The van der Waals surface area contributed by atoms with Gasteiger partial charge in [-0.3, -0.25) is 9.78 Å². The number of carbonyl (C=O) groups excluding carboxylic acids is 1. The van der Waals surface area contributed by atoms with Crippen molar-refractivity contribution < 1.29 is 4.79 Å². The van der Waals surface area contributed by atoms with Crippen molar-refractivity contribution in [2.24, 2.45) is 5.73 Å². The van der Waals surface area contributed by atoms with E-state index in [0.717, 1.165) is 24.9 Å². The van der Waals surface area contributed by atoms with Gasteiger partial charge in [0.25, 0.3) is 0 Å². The van der Waals surface area contributed by atoms with Crippen LogP contribution >= 0.6 is 0 Å². The summed E-state index contributed by atoms with van der Waals surface area (Å²) >= 11 is 0. The number of nitrogens with zero attached hydrogens (tertiary/aromatic N) is 3. The molecule has 112 valence electrons. The average molecular weight is 278 g/mol. The van der Waals surface area contributed by atoms with Crippen LogP contribution in [0.1, 0.15) is 25.3 Å². The number of pyridine rings is 1. The molecule has 0 aliphatic heterocycles. The lowest BCUT2D eigenvalue weighted by molar-refractivity contribution is -0.133. The van der Waals surface area contributed by atoms with Crippen LogP contribution in [0, 0.1) is 0 Å². The molecule has 0 saturated heterocycles. The van der Waals surface area contributed by atoms with Crippen molar-refractivity contribution in [3.63, 3.8) is 0 Å². The van der Waals surface area contributed by atoms with E-state index in [9.17, 15) is 4.79 Å². The van der Waals surface area contributed by atoms with E-state index in [2.05, 4.69) is 9.88 Å². The van der Waals surface area contributed by atoms with Gasteiger partial charge >= 0.3 is 0 Å². The Hall–Kier alpha value is -1.46. The molecule has 0 aliphatic rings. The minimum Gasteiger partial charge on any atom is -0.336 e. The molecule has 5 nitrogen and oxygen atoms in total. The second kappa shape index (κ2) is 8.66. The molecule has 0 unspecified atom stereocenters. The second-order valence-corrected chi connectivity index (χ2v) is 5.32. The molecule has 0 spiro atoms. The summed E-state index contributed by atoms with van der Waals surface area (Å²) < 4.78 is 0. The van der Waals surface area contributed by atoms with Crippen LogP contribution in [0.2, 0.25) is 0 Å². The first-order valence-corrected chi connectivity index (χ1v) is 7.12. The molecule has 1 rings (SSSR count). The van der Waals surface area contributed by atoms with Gasteiger partial charge in [-0.05, 0) is 32.1 Å². The molecule has 0 radical (unpaired) electrons. The van der Waals surface area contributed by atoms with Gasteiger partial charge in [-0.1, -0.05) is 19.4 Å². The first-order chi connectivity index (χ1) is 9.54. The number of carbonyl (C=O) groups is 1. The van der Waals surface area contributed by atoms with Crippen LogP contribution in [0.15, 0.2) is 24.5 Å². The Balaban J connectivity index is 2.71. The molecule has 1 amide bonds. The minimum absolute atomic E-state index is 0.0255. The molecule has 0 bridgehead atoms. The van der Waals surface area contributed by atoms with Crippen LogP contribution < -0.4 is 5.73 Å². The maximum Gasteiger partial charge on any atom is 0.239 e. The summed E-state index contributed by atoms with van der Waals surface area (Å²) in [6.45, 7) is 4.11. The summed E-state index contributed by atoms with van der Waals surface area (Å²) in [5.41, 5.74) is 7.00. The Morgan fingerprint density at radius 3 is 2.70 bits per heavy atom. The molecule has 2 N–H and O–H groups in total. The lowest BCUT2D eigenvalue weighted by Gasteiger charge is -2.27. The van der Waals surface area contributed by atoms with Gasteiger partial charge in [0.15, 0.2) is 0 Å². The molecule has 5 heteroatoms. The average Bonchev–Trinajstić information content (AvgIpc) is 2.44. The third-order valence-corrected chi connectivity index (χ3v) is 3.14. The van der Waals surface area contributed by atoms with Crippen molar-refractivity contribution in [3.05, 3.63) is 30.1 Å². The predicted octanol–water partition coefficient (Wildman–Crippen LogP) is 1.10. The van der Waals surface area contributed by atoms with Crippen molar-refractivity contribution >= 4 is 5.91 Å². The summed E-state index contributed by atoms with van der Waals surface area (Å²) in [6, 6.07) is 3.46. The van der Waals surface area contributed by atoms with Gasteiger partial charge in [-0.25, -0.2) is 0 Å². The van der Waals surface area contributed by atoms with Crippen LogP contribution in [-0.4, -0.2) is 53.9 Å². The van der Waals surface area contributed by atoms with Gasteiger partial charge in [0.2, 0.25) is 5.91 Å². The van der Waals surface area contributed by atoms with E-state index in [1.807, 2.05) is 38.1 Å². The number of rotatable bonds is 8. The Labute approximate surface area is 121 Å². The SMILES string of the molecule is CCC[C@H](N)C(=O)N(CCN(C)C)Cc1cccnc1. The van der Waals surface area contributed by atoms with E-state index in [4.69, 9.17) is 5.73 Å². The van der Waals surface area contributed by atoms with Gasteiger partial charge in [-0.2, -0.15) is 0 Å². The zero-order valence-corrected chi connectivity index (χ0v) is 12.7. The number of likely N-dealkylation sites (N-methyl/N-ethyl adjacent to an activating group) is 1. The monoisotopic (exact) mass is 278 g/mol. The normalized spacial score (nSPS) is 12.4. The molecule has 0 aliphatic carbocycles. The van der Waals surface area contributed by atoms with E-state index in [0.29, 0.717) is 13.1 Å². The number of aromatic nitrogens is 1. The second-order valence-electron chi connectivity index (χ2n) is 5.32. The molecular weight excluding hydrogens is 252 g/mol. The summed E-state index contributed by atoms with van der Waals surface area (Å²) in [4.78, 5) is 20.4. The highest BCUT2D eigenvalue weighted by atomic mass is 16.2. The van der Waals surface area contributed by atoms with Crippen molar-refractivity contribution in [3.8, 4) is 0 Å². The number of hydrogen-bond donors (Lipinski definition) is 1. The highest BCUT2D eigenvalue weighted by molar-refractivity contribution is 5.81. The maximum absolute atomic E-state index is 12.4. The molecule has 0 saturated carbocycles. The van der Waals surface area contributed by atoms with Crippen molar-refractivity contribution in [2.45, 2.75) is 32.4 Å².